The van der Waals surface area contributed by atoms with E-state index in [1.165, 1.54) is 36.3 Å². The van der Waals surface area contributed by atoms with Gasteiger partial charge in [-0.2, -0.15) is 0 Å². The van der Waals surface area contributed by atoms with Crippen LogP contribution in [0.25, 0.3) is 11.1 Å². The molecule has 3 rings (SSSR count). The van der Waals surface area contributed by atoms with Crippen LogP contribution < -0.4 is 10.2 Å². The Kier molecular flexibility index (Phi) is 6.94. The number of benzene rings is 2. The molecule has 2 aromatic carbocycles. The van der Waals surface area contributed by atoms with E-state index in [1.807, 2.05) is 0 Å². The van der Waals surface area contributed by atoms with Gasteiger partial charge in [0.1, 0.15) is 5.75 Å². The van der Waals surface area contributed by atoms with Gasteiger partial charge < -0.3 is 9.47 Å². The fraction of sp³-hybridized carbons (Fsp3) is 0.350. The first-order chi connectivity index (χ1) is 14.3. The summed E-state index contributed by atoms with van der Waals surface area (Å²) in [6.45, 7) is 0.523. The summed E-state index contributed by atoms with van der Waals surface area (Å²) in [5, 5.41) is 0.204. The minimum atomic E-state index is -4.82. The van der Waals surface area contributed by atoms with Crippen molar-refractivity contribution in [3.8, 4) is 16.9 Å². The second kappa shape index (κ2) is 9.44. The van der Waals surface area contributed by atoms with E-state index in [0.717, 1.165) is 12.8 Å². The molecule has 1 amide bonds. The third-order valence-electron chi connectivity index (χ3n) is 4.54. The fourth-order valence-electron chi connectivity index (χ4n) is 3.19. The van der Waals surface area contributed by atoms with E-state index in [2.05, 4.69) is 10.2 Å². The Morgan fingerprint density at radius 1 is 1.17 bits per heavy atom. The van der Waals surface area contributed by atoms with Gasteiger partial charge >= 0.3 is 12.5 Å². The third-order valence-corrected chi connectivity index (χ3v) is 4.85. The van der Waals surface area contributed by atoms with E-state index in [-0.39, 0.29) is 16.3 Å². The number of anilines is 1. The summed E-state index contributed by atoms with van der Waals surface area (Å²) in [5.41, 5.74) is 3.81. The maximum Gasteiger partial charge on any atom is 0.573 e. The number of likely N-dealkylation sites (tertiary alicyclic amines) is 1. The highest BCUT2D eigenvalue weighted by Crippen LogP contribution is 2.38. The molecule has 0 aliphatic carbocycles. The van der Waals surface area contributed by atoms with Crippen molar-refractivity contribution in [3.63, 3.8) is 0 Å². The molecule has 1 fully saturated rings. The largest absolute Gasteiger partial charge is 0.573 e. The van der Waals surface area contributed by atoms with E-state index >= 15 is 0 Å². The molecule has 0 bridgehead atoms. The summed E-state index contributed by atoms with van der Waals surface area (Å²) in [7, 11) is 1.31. The molecule has 6 nitrogen and oxygen atoms in total. The van der Waals surface area contributed by atoms with Gasteiger partial charge in [0.25, 0.3) is 0 Å². The molecule has 2 aromatic rings. The van der Waals surface area contributed by atoms with Crippen molar-refractivity contribution in [2.75, 3.05) is 19.1 Å². The van der Waals surface area contributed by atoms with Crippen molar-refractivity contribution in [1.29, 1.82) is 0 Å². The first-order valence-corrected chi connectivity index (χ1v) is 9.57. The zero-order valence-corrected chi connectivity index (χ0v) is 16.8. The Morgan fingerprint density at radius 2 is 1.93 bits per heavy atom. The molecule has 162 valence electrons. The molecular formula is C20H20ClF3N2O4. The van der Waals surface area contributed by atoms with Gasteiger partial charge in [0.15, 0.2) is 6.23 Å². The van der Waals surface area contributed by atoms with Gasteiger partial charge in [-0.1, -0.05) is 35.9 Å². The predicted octanol–water partition coefficient (Wildman–Crippen LogP) is 5.83. The van der Waals surface area contributed by atoms with Crippen LogP contribution in [-0.4, -0.2) is 37.2 Å². The van der Waals surface area contributed by atoms with E-state index in [0.29, 0.717) is 24.2 Å². The Bertz CT molecular complexity index is 895. The molecule has 0 radical (unpaired) electrons. The van der Waals surface area contributed by atoms with E-state index in [9.17, 15) is 18.0 Å². The van der Waals surface area contributed by atoms with Gasteiger partial charge in [-0.15, -0.1) is 13.2 Å². The number of para-hydroxylation sites is 1. The lowest BCUT2D eigenvalue weighted by molar-refractivity contribution is -0.274. The first-order valence-electron chi connectivity index (χ1n) is 9.19. The SMILES string of the molecule is COC(=O)N1CCCCC1ONc1ccc(-c2ccccc2OC(F)(F)F)c(Cl)c1. The molecule has 1 unspecified atom stereocenters. The molecule has 0 aromatic heterocycles. The number of methoxy groups -OCH3 is 1. The molecule has 1 saturated heterocycles. The Hall–Kier alpha value is -2.65. The maximum atomic E-state index is 12.7. The summed E-state index contributed by atoms with van der Waals surface area (Å²) < 4.78 is 46.9. The van der Waals surface area contributed by atoms with Gasteiger partial charge in [0.05, 0.1) is 17.8 Å². The van der Waals surface area contributed by atoms with Crippen LogP contribution in [0, 0.1) is 0 Å². The fourth-order valence-corrected chi connectivity index (χ4v) is 3.47. The van der Waals surface area contributed by atoms with Gasteiger partial charge in [0, 0.05) is 17.7 Å². The molecular weight excluding hydrogens is 425 g/mol. The van der Waals surface area contributed by atoms with Crippen molar-refractivity contribution < 1.29 is 32.3 Å². The topological polar surface area (TPSA) is 60.0 Å². The number of nitrogens with one attached hydrogen (secondary N) is 1. The zero-order chi connectivity index (χ0) is 21.7. The predicted molar refractivity (Wildman–Crippen MR) is 105 cm³/mol. The average Bonchev–Trinajstić information content (AvgIpc) is 2.71. The average molecular weight is 445 g/mol. The van der Waals surface area contributed by atoms with Crippen molar-refractivity contribution in [3.05, 3.63) is 47.5 Å². The summed E-state index contributed by atoms with van der Waals surface area (Å²) in [6, 6.07) is 10.4. The van der Waals surface area contributed by atoms with Crippen molar-refractivity contribution in [2.45, 2.75) is 31.9 Å². The highest BCUT2D eigenvalue weighted by atomic mass is 35.5. The van der Waals surface area contributed by atoms with E-state index in [4.69, 9.17) is 21.2 Å². The third kappa shape index (κ3) is 5.48. The van der Waals surface area contributed by atoms with Crippen molar-refractivity contribution >= 4 is 23.4 Å². The molecule has 1 atom stereocenters. The van der Waals surface area contributed by atoms with Crippen LogP contribution in [0.2, 0.25) is 5.02 Å². The number of amides is 1. The second-order valence-corrected chi connectivity index (χ2v) is 6.98. The Labute approximate surface area is 176 Å². The minimum Gasteiger partial charge on any atom is -0.453 e. The molecule has 10 heteroatoms. The van der Waals surface area contributed by atoms with Crippen LogP contribution >= 0.6 is 11.6 Å². The highest BCUT2D eigenvalue weighted by Gasteiger charge is 2.32. The monoisotopic (exact) mass is 444 g/mol. The standard InChI is InChI=1S/C20H20ClF3N2O4/c1-28-19(27)26-11-5-4-8-18(26)30-25-13-9-10-14(16(21)12-13)15-6-2-3-7-17(15)29-20(22,23)24/h2-3,6-7,9-10,12,18,25H,4-5,8,11H2,1H3. The van der Waals surface area contributed by atoms with Gasteiger partial charge in [-0.25, -0.2) is 4.79 Å². The number of nitrogens with zero attached hydrogens (tertiary/aromatic N) is 1. The summed E-state index contributed by atoms with van der Waals surface area (Å²) in [4.78, 5) is 19.0. The molecule has 1 aliphatic heterocycles. The van der Waals surface area contributed by atoms with Crippen LogP contribution in [0.1, 0.15) is 19.3 Å². The number of hydrogen-bond acceptors (Lipinski definition) is 5. The van der Waals surface area contributed by atoms with Crippen molar-refractivity contribution in [2.24, 2.45) is 0 Å². The van der Waals surface area contributed by atoms with Crippen molar-refractivity contribution in [1.82, 2.24) is 4.90 Å². The summed E-state index contributed by atoms with van der Waals surface area (Å²) >= 11 is 6.31. The van der Waals surface area contributed by atoms with E-state index < -0.39 is 18.7 Å². The molecule has 1 N–H and O–H groups in total. The number of carbonyl (C=O) groups excluding carboxylic acids is 1. The lowest BCUT2D eigenvalue weighted by Crippen LogP contribution is -2.45. The lowest BCUT2D eigenvalue weighted by atomic mass is 10.0. The number of rotatable bonds is 5. The van der Waals surface area contributed by atoms with Crippen LogP contribution in [0.3, 0.4) is 0 Å². The van der Waals surface area contributed by atoms with Gasteiger partial charge in [0.2, 0.25) is 0 Å². The summed E-state index contributed by atoms with van der Waals surface area (Å²) in [5.74, 6) is -0.347. The molecule has 30 heavy (non-hydrogen) atoms. The molecule has 0 saturated carbocycles. The number of ether oxygens (including phenoxy) is 2. The first kappa shape index (κ1) is 22.0. The lowest BCUT2D eigenvalue weighted by Gasteiger charge is -2.33. The van der Waals surface area contributed by atoms with Gasteiger partial charge in [-0.05, 0) is 37.5 Å². The number of piperidine rings is 1. The van der Waals surface area contributed by atoms with Crippen LogP contribution in [0.5, 0.6) is 5.75 Å². The Balaban J connectivity index is 1.74. The van der Waals surface area contributed by atoms with Crippen LogP contribution in [0.15, 0.2) is 42.5 Å². The number of carbonyl (C=O) groups is 1. The van der Waals surface area contributed by atoms with E-state index in [1.54, 1.807) is 18.2 Å². The minimum absolute atomic E-state index is 0.204. The number of alkyl halides is 3. The maximum absolute atomic E-state index is 12.7. The number of hydrogen-bond donors (Lipinski definition) is 1. The quantitative estimate of drug-likeness (QED) is 0.588. The normalized spacial score (nSPS) is 16.8. The second-order valence-electron chi connectivity index (χ2n) is 6.57. The summed E-state index contributed by atoms with van der Waals surface area (Å²) in [6.07, 6.45) is -3.41. The van der Waals surface area contributed by atoms with Crippen LogP contribution in [0.4, 0.5) is 23.7 Å². The Morgan fingerprint density at radius 3 is 2.63 bits per heavy atom. The number of halogens is 4. The molecule has 1 aliphatic rings. The molecule has 1 heterocycles. The molecule has 0 spiro atoms. The van der Waals surface area contributed by atoms with Gasteiger partial charge in [-0.3, -0.25) is 15.2 Å². The zero-order valence-electron chi connectivity index (χ0n) is 16.0. The smallest absolute Gasteiger partial charge is 0.453 e. The highest BCUT2D eigenvalue weighted by molar-refractivity contribution is 6.33. The van der Waals surface area contributed by atoms with Crippen LogP contribution in [-0.2, 0) is 9.57 Å².